The van der Waals surface area contributed by atoms with Crippen LogP contribution in [0.3, 0.4) is 0 Å². The number of piperazine rings is 1. The minimum absolute atomic E-state index is 0. The van der Waals surface area contributed by atoms with Crippen molar-refractivity contribution >= 4 is 57.4 Å². The first-order chi connectivity index (χ1) is 13.6. The van der Waals surface area contributed by atoms with Crippen molar-refractivity contribution in [3.8, 4) is 11.5 Å². The molecule has 10 heteroatoms. The average Bonchev–Trinajstić information content (AvgIpc) is 3.15. The summed E-state index contributed by atoms with van der Waals surface area (Å²) in [6.07, 6.45) is 3.41. The average molecular weight is 471 g/mol. The SMILES string of the molecule is COc1ccc2nc(N3CCN(C(C)=O)CC3COc3cccnc3)sc2c1.Cl.Cl. The molecule has 0 N–H and O–H groups in total. The molecule has 0 radical (unpaired) electrons. The maximum Gasteiger partial charge on any atom is 0.219 e. The molecule has 0 spiro atoms. The highest BCUT2D eigenvalue weighted by Gasteiger charge is 2.31. The van der Waals surface area contributed by atoms with E-state index in [1.807, 2.05) is 35.2 Å². The second-order valence-corrected chi connectivity index (χ2v) is 7.65. The molecule has 162 valence electrons. The molecule has 3 heterocycles. The zero-order chi connectivity index (χ0) is 19.5. The van der Waals surface area contributed by atoms with Crippen molar-refractivity contribution in [1.29, 1.82) is 0 Å². The van der Waals surface area contributed by atoms with Crippen LogP contribution in [0.5, 0.6) is 11.5 Å². The van der Waals surface area contributed by atoms with Crippen LogP contribution >= 0.6 is 36.2 Å². The van der Waals surface area contributed by atoms with Crippen LogP contribution in [-0.4, -0.2) is 60.2 Å². The van der Waals surface area contributed by atoms with Crippen LogP contribution in [0.15, 0.2) is 42.7 Å². The molecule has 2 aromatic heterocycles. The zero-order valence-corrected chi connectivity index (χ0v) is 19.1. The third-order valence-electron chi connectivity index (χ3n) is 4.83. The molecule has 1 aliphatic rings. The molecule has 30 heavy (non-hydrogen) atoms. The number of halogens is 2. The Labute approximate surface area is 191 Å². The van der Waals surface area contributed by atoms with Gasteiger partial charge in [-0.3, -0.25) is 9.78 Å². The van der Waals surface area contributed by atoms with Crippen molar-refractivity contribution < 1.29 is 14.3 Å². The van der Waals surface area contributed by atoms with E-state index >= 15 is 0 Å². The first kappa shape index (κ1) is 24.0. The number of nitrogens with zero attached hydrogens (tertiary/aromatic N) is 4. The summed E-state index contributed by atoms with van der Waals surface area (Å²) in [5.74, 6) is 1.62. The minimum Gasteiger partial charge on any atom is -0.497 e. The summed E-state index contributed by atoms with van der Waals surface area (Å²) in [4.78, 5) is 24.9. The van der Waals surface area contributed by atoms with Gasteiger partial charge in [0.2, 0.25) is 5.91 Å². The Morgan fingerprint density at radius 3 is 2.77 bits per heavy atom. The standard InChI is InChI=1S/C20H22N4O3S.2ClH/c1-14(25)23-8-9-24(15(12-23)13-27-17-4-3-7-21-11-17)20-22-18-6-5-16(26-2)10-19(18)28-20;;/h3-7,10-11,15H,8-9,12-13H2,1-2H3;2*1H. The van der Waals surface area contributed by atoms with E-state index in [4.69, 9.17) is 14.5 Å². The molecule has 0 bridgehead atoms. The lowest BCUT2D eigenvalue weighted by Gasteiger charge is -2.40. The van der Waals surface area contributed by atoms with Crippen LogP contribution < -0.4 is 14.4 Å². The summed E-state index contributed by atoms with van der Waals surface area (Å²) in [5.41, 5.74) is 0.946. The number of aromatic nitrogens is 2. The minimum atomic E-state index is 0. The Bertz CT molecular complexity index is 973. The Morgan fingerprint density at radius 2 is 2.07 bits per heavy atom. The van der Waals surface area contributed by atoms with Gasteiger partial charge in [0.25, 0.3) is 0 Å². The molecule has 1 amide bonds. The molecule has 1 unspecified atom stereocenters. The van der Waals surface area contributed by atoms with Crippen molar-refractivity contribution in [2.24, 2.45) is 0 Å². The number of fused-ring (bicyclic) bond motifs is 1. The van der Waals surface area contributed by atoms with Crippen LogP contribution in [0.1, 0.15) is 6.92 Å². The van der Waals surface area contributed by atoms with Crippen molar-refractivity contribution in [3.05, 3.63) is 42.7 Å². The Kier molecular flexibility index (Phi) is 8.52. The van der Waals surface area contributed by atoms with Gasteiger partial charge >= 0.3 is 0 Å². The molecule has 1 fully saturated rings. The number of benzene rings is 1. The summed E-state index contributed by atoms with van der Waals surface area (Å²) in [6, 6.07) is 9.64. The third kappa shape index (κ3) is 5.24. The molecule has 1 aliphatic heterocycles. The summed E-state index contributed by atoms with van der Waals surface area (Å²) in [5, 5.41) is 0.936. The third-order valence-corrected chi connectivity index (χ3v) is 5.89. The summed E-state index contributed by atoms with van der Waals surface area (Å²) >= 11 is 1.63. The topological polar surface area (TPSA) is 67.8 Å². The molecular formula is C20H24Cl2N4O3S. The fourth-order valence-electron chi connectivity index (χ4n) is 3.30. The molecule has 0 aliphatic carbocycles. The number of hydrogen-bond acceptors (Lipinski definition) is 7. The summed E-state index contributed by atoms with van der Waals surface area (Å²) in [7, 11) is 1.66. The monoisotopic (exact) mass is 470 g/mol. The molecule has 1 saturated heterocycles. The second kappa shape index (κ2) is 10.7. The number of carbonyl (C=O) groups is 1. The predicted molar refractivity (Wildman–Crippen MR) is 124 cm³/mol. The molecule has 3 aromatic rings. The van der Waals surface area contributed by atoms with Crippen molar-refractivity contribution in [2.75, 3.05) is 38.3 Å². The number of rotatable bonds is 5. The number of thiazole rings is 1. The lowest BCUT2D eigenvalue weighted by Crippen LogP contribution is -2.56. The van der Waals surface area contributed by atoms with E-state index in [1.165, 1.54) is 0 Å². The van der Waals surface area contributed by atoms with Gasteiger partial charge in [-0.15, -0.1) is 24.8 Å². The van der Waals surface area contributed by atoms with E-state index in [2.05, 4.69) is 9.88 Å². The summed E-state index contributed by atoms with van der Waals surface area (Å²) in [6.45, 7) is 4.07. The number of amides is 1. The lowest BCUT2D eigenvalue weighted by atomic mass is 10.2. The largest absolute Gasteiger partial charge is 0.497 e. The maximum absolute atomic E-state index is 11.9. The smallest absolute Gasteiger partial charge is 0.219 e. The summed E-state index contributed by atoms with van der Waals surface area (Å²) < 4.78 is 12.4. The number of pyridine rings is 1. The molecule has 1 aromatic carbocycles. The van der Waals surface area contributed by atoms with Gasteiger partial charge in [-0.25, -0.2) is 4.98 Å². The molecular weight excluding hydrogens is 447 g/mol. The fourth-order valence-corrected chi connectivity index (χ4v) is 4.39. The zero-order valence-electron chi connectivity index (χ0n) is 16.7. The normalized spacial score (nSPS) is 15.9. The maximum atomic E-state index is 11.9. The molecule has 1 atom stereocenters. The van der Waals surface area contributed by atoms with Crippen LogP contribution in [0, 0.1) is 0 Å². The lowest BCUT2D eigenvalue weighted by molar-refractivity contribution is -0.129. The first-order valence-corrected chi connectivity index (χ1v) is 9.95. The fraction of sp³-hybridized carbons (Fsp3) is 0.350. The van der Waals surface area contributed by atoms with E-state index in [0.29, 0.717) is 19.7 Å². The highest BCUT2D eigenvalue weighted by Crippen LogP contribution is 2.33. The van der Waals surface area contributed by atoms with Crippen LogP contribution in [0.4, 0.5) is 5.13 Å². The van der Waals surface area contributed by atoms with E-state index in [9.17, 15) is 4.79 Å². The second-order valence-electron chi connectivity index (χ2n) is 6.64. The predicted octanol–water partition coefficient (Wildman–Crippen LogP) is 3.66. The van der Waals surface area contributed by atoms with E-state index < -0.39 is 0 Å². The highest BCUT2D eigenvalue weighted by atomic mass is 35.5. The van der Waals surface area contributed by atoms with E-state index in [0.717, 1.165) is 33.4 Å². The van der Waals surface area contributed by atoms with Gasteiger partial charge < -0.3 is 19.3 Å². The van der Waals surface area contributed by atoms with Crippen molar-refractivity contribution in [1.82, 2.24) is 14.9 Å². The number of carbonyl (C=O) groups excluding carboxylic acids is 1. The van der Waals surface area contributed by atoms with E-state index in [-0.39, 0.29) is 36.8 Å². The number of ether oxygens (including phenoxy) is 2. The number of methoxy groups -OCH3 is 1. The number of hydrogen-bond donors (Lipinski definition) is 0. The van der Waals surface area contributed by atoms with Gasteiger partial charge in [-0.1, -0.05) is 11.3 Å². The van der Waals surface area contributed by atoms with Crippen LogP contribution in [0.25, 0.3) is 10.2 Å². The van der Waals surface area contributed by atoms with Crippen molar-refractivity contribution in [3.63, 3.8) is 0 Å². The van der Waals surface area contributed by atoms with Gasteiger partial charge in [-0.2, -0.15) is 0 Å². The van der Waals surface area contributed by atoms with E-state index in [1.54, 1.807) is 37.8 Å². The molecule has 0 saturated carbocycles. The quantitative estimate of drug-likeness (QED) is 0.566. The Hall–Kier alpha value is -2.29. The van der Waals surface area contributed by atoms with Gasteiger partial charge in [-0.05, 0) is 30.3 Å². The van der Waals surface area contributed by atoms with Crippen LogP contribution in [-0.2, 0) is 4.79 Å². The number of anilines is 1. The van der Waals surface area contributed by atoms with Gasteiger partial charge in [0.1, 0.15) is 18.1 Å². The Morgan fingerprint density at radius 1 is 1.23 bits per heavy atom. The van der Waals surface area contributed by atoms with Gasteiger partial charge in [0.15, 0.2) is 5.13 Å². The molecule has 7 nitrogen and oxygen atoms in total. The van der Waals surface area contributed by atoms with Crippen LogP contribution in [0.2, 0.25) is 0 Å². The Balaban J connectivity index is 0.00000160. The van der Waals surface area contributed by atoms with Gasteiger partial charge in [0.05, 0.1) is 29.6 Å². The van der Waals surface area contributed by atoms with Gasteiger partial charge in [0, 0.05) is 32.8 Å². The molecule has 4 rings (SSSR count). The van der Waals surface area contributed by atoms with Crippen molar-refractivity contribution in [2.45, 2.75) is 13.0 Å². The first-order valence-electron chi connectivity index (χ1n) is 9.13. The highest BCUT2D eigenvalue weighted by molar-refractivity contribution is 7.22.